The monoisotopic (exact) mass is 278 g/mol. The summed E-state index contributed by atoms with van der Waals surface area (Å²) in [5.41, 5.74) is 6.22. The summed E-state index contributed by atoms with van der Waals surface area (Å²) in [6.07, 6.45) is 2.78. The van der Waals surface area contributed by atoms with Crippen LogP contribution in [0.3, 0.4) is 0 Å². The topological polar surface area (TPSA) is 53.1 Å². The number of imidazole rings is 1. The highest BCUT2D eigenvalue weighted by atomic mass is 15.3. The third-order valence-corrected chi connectivity index (χ3v) is 3.48. The minimum absolute atomic E-state index is 0.451. The maximum absolute atomic E-state index is 4.41. The van der Waals surface area contributed by atoms with Crippen LogP contribution in [0.25, 0.3) is 11.0 Å². The first-order chi connectivity index (χ1) is 10.3. The van der Waals surface area contributed by atoms with Crippen molar-refractivity contribution in [2.75, 3.05) is 5.43 Å². The fourth-order valence-electron chi connectivity index (χ4n) is 2.24. The largest absolute Gasteiger partial charge is 0.323 e. The van der Waals surface area contributed by atoms with Crippen molar-refractivity contribution in [2.45, 2.75) is 19.3 Å². The maximum atomic E-state index is 4.41. The fourth-order valence-corrected chi connectivity index (χ4v) is 2.24. The van der Waals surface area contributed by atoms with Crippen molar-refractivity contribution in [1.29, 1.82) is 0 Å². The molecule has 1 aromatic heterocycles. The molecule has 0 spiro atoms. The van der Waals surface area contributed by atoms with Gasteiger partial charge in [0, 0.05) is 6.21 Å². The molecule has 0 unspecified atom stereocenters. The molecule has 0 radical (unpaired) electrons. The Morgan fingerprint density at radius 2 is 1.90 bits per heavy atom. The van der Waals surface area contributed by atoms with Crippen molar-refractivity contribution < 1.29 is 0 Å². The van der Waals surface area contributed by atoms with Crippen molar-refractivity contribution in [3.8, 4) is 0 Å². The number of rotatable bonds is 5. The van der Waals surface area contributed by atoms with Gasteiger partial charge in [-0.15, -0.1) is 0 Å². The molecule has 1 atom stereocenters. The number of aromatic nitrogens is 2. The predicted octanol–water partition coefficient (Wildman–Crippen LogP) is 4.15. The van der Waals surface area contributed by atoms with Gasteiger partial charge in [-0.05, 0) is 30.0 Å². The van der Waals surface area contributed by atoms with Gasteiger partial charge in [0.15, 0.2) is 0 Å². The second-order valence-electron chi connectivity index (χ2n) is 5.07. The van der Waals surface area contributed by atoms with Gasteiger partial charge in [-0.3, -0.25) is 0 Å². The van der Waals surface area contributed by atoms with Crippen LogP contribution in [0.15, 0.2) is 59.7 Å². The normalized spacial score (nSPS) is 12.8. The van der Waals surface area contributed by atoms with Crippen molar-refractivity contribution in [3.63, 3.8) is 0 Å². The van der Waals surface area contributed by atoms with Crippen molar-refractivity contribution >= 4 is 23.2 Å². The summed E-state index contributed by atoms with van der Waals surface area (Å²) in [5, 5.41) is 4.23. The van der Waals surface area contributed by atoms with Crippen LogP contribution < -0.4 is 5.43 Å². The van der Waals surface area contributed by atoms with Gasteiger partial charge in [0.05, 0.1) is 11.0 Å². The second kappa shape index (κ2) is 6.22. The number of hydrazone groups is 1. The second-order valence-corrected chi connectivity index (χ2v) is 5.07. The van der Waals surface area contributed by atoms with Gasteiger partial charge in [0.2, 0.25) is 5.95 Å². The Hall–Kier alpha value is -2.62. The predicted molar refractivity (Wildman–Crippen MR) is 87.7 cm³/mol. The SMILES string of the molecule is C[C@H](C/C=N\Nc1nc2ccccc2[nH]1)c1ccccc1. The van der Waals surface area contributed by atoms with E-state index in [1.165, 1.54) is 5.56 Å². The van der Waals surface area contributed by atoms with Crippen molar-refractivity contribution in [2.24, 2.45) is 5.10 Å². The average molecular weight is 278 g/mol. The van der Waals surface area contributed by atoms with Crippen LogP contribution >= 0.6 is 0 Å². The zero-order valence-corrected chi connectivity index (χ0v) is 12.0. The molecule has 0 aliphatic heterocycles. The van der Waals surface area contributed by atoms with Gasteiger partial charge in [0.25, 0.3) is 0 Å². The smallest absolute Gasteiger partial charge is 0.222 e. The number of anilines is 1. The first-order valence-electron chi connectivity index (χ1n) is 7.10. The van der Waals surface area contributed by atoms with Gasteiger partial charge in [-0.2, -0.15) is 5.10 Å². The highest BCUT2D eigenvalue weighted by Gasteiger charge is 2.02. The van der Waals surface area contributed by atoms with E-state index in [4.69, 9.17) is 0 Å². The van der Waals surface area contributed by atoms with E-state index in [0.29, 0.717) is 11.9 Å². The molecule has 0 bridgehead atoms. The summed E-state index contributed by atoms with van der Waals surface area (Å²) in [5.74, 6) is 1.12. The lowest BCUT2D eigenvalue weighted by Gasteiger charge is -2.07. The van der Waals surface area contributed by atoms with Crippen LogP contribution in [0.5, 0.6) is 0 Å². The molecule has 3 rings (SSSR count). The first kappa shape index (κ1) is 13.4. The molecule has 21 heavy (non-hydrogen) atoms. The molecule has 4 heteroatoms. The molecule has 2 N–H and O–H groups in total. The highest BCUT2D eigenvalue weighted by Crippen LogP contribution is 2.17. The van der Waals surface area contributed by atoms with Crippen LogP contribution in [-0.4, -0.2) is 16.2 Å². The molecule has 3 aromatic rings. The third-order valence-electron chi connectivity index (χ3n) is 3.48. The molecule has 106 valence electrons. The number of nitrogens with zero attached hydrogens (tertiary/aromatic N) is 2. The van der Waals surface area contributed by atoms with E-state index in [-0.39, 0.29) is 0 Å². The van der Waals surface area contributed by atoms with Gasteiger partial charge in [0.1, 0.15) is 0 Å². The summed E-state index contributed by atoms with van der Waals surface area (Å²) < 4.78 is 0. The van der Waals surface area contributed by atoms with E-state index in [9.17, 15) is 0 Å². The van der Waals surface area contributed by atoms with E-state index < -0.39 is 0 Å². The lowest BCUT2D eigenvalue weighted by Crippen LogP contribution is -1.96. The van der Waals surface area contributed by atoms with E-state index >= 15 is 0 Å². The molecular weight excluding hydrogens is 260 g/mol. The quantitative estimate of drug-likeness (QED) is 0.544. The maximum Gasteiger partial charge on any atom is 0.222 e. The minimum Gasteiger partial charge on any atom is -0.323 e. The molecule has 0 aliphatic rings. The number of fused-ring (bicyclic) bond motifs is 1. The Bertz CT molecular complexity index is 698. The van der Waals surface area contributed by atoms with Crippen LogP contribution in [0, 0.1) is 0 Å². The molecule has 0 fully saturated rings. The lowest BCUT2D eigenvalue weighted by molar-refractivity contribution is 0.812. The minimum atomic E-state index is 0.451. The van der Waals surface area contributed by atoms with Crippen molar-refractivity contribution in [3.05, 3.63) is 60.2 Å². The number of hydrogen-bond acceptors (Lipinski definition) is 3. The fraction of sp³-hybridized carbons (Fsp3) is 0.176. The highest BCUT2D eigenvalue weighted by molar-refractivity contribution is 5.77. The number of para-hydroxylation sites is 2. The summed E-state index contributed by atoms with van der Waals surface area (Å²) >= 11 is 0. The molecule has 0 amide bonds. The number of hydrogen-bond donors (Lipinski definition) is 2. The number of H-pyrrole nitrogens is 1. The van der Waals surface area contributed by atoms with Crippen molar-refractivity contribution in [1.82, 2.24) is 9.97 Å². The summed E-state index contributed by atoms with van der Waals surface area (Å²) in [6, 6.07) is 18.4. The zero-order chi connectivity index (χ0) is 14.5. The van der Waals surface area contributed by atoms with Gasteiger partial charge < -0.3 is 4.98 Å². The number of nitrogens with one attached hydrogen (secondary N) is 2. The third kappa shape index (κ3) is 3.28. The lowest BCUT2D eigenvalue weighted by atomic mass is 9.99. The average Bonchev–Trinajstić information content (AvgIpc) is 2.95. The Kier molecular flexibility index (Phi) is 3.96. The Labute approximate surface area is 123 Å². The van der Waals surface area contributed by atoms with E-state index in [0.717, 1.165) is 17.5 Å². The summed E-state index contributed by atoms with van der Waals surface area (Å²) in [7, 11) is 0. The molecule has 2 aromatic carbocycles. The summed E-state index contributed by atoms with van der Waals surface area (Å²) in [4.78, 5) is 7.59. The van der Waals surface area contributed by atoms with Crippen LogP contribution in [0.4, 0.5) is 5.95 Å². The Morgan fingerprint density at radius 3 is 2.71 bits per heavy atom. The molecule has 0 saturated carbocycles. The molecule has 1 heterocycles. The van der Waals surface area contributed by atoms with Gasteiger partial charge >= 0.3 is 0 Å². The first-order valence-corrected chi connectivity index (χ1v) is 7.10. The number of aromatic amines is 1. The van der Waals surface area contributed by atoms with E-state index in [1.54, 1.807) is 0 Å². The van der Waals surface area contributed by atoms with E-state index in [1.807, 2.05) is 36.5 Å². The van der Waals surface area contributed by atoms with Crippen LogP contribution in [-0.2, 0) is 0 Å². The van der Waals surface area contributed by atoms with Gasteiger partial charge in [-0.25, -0.2) is 10.4 Å². The number of benzene rings is 2. The zero-order valence-electron chi connectivity index (χ0n) is 12.0. The van der Waals surface area contributed by atoms with Gasteiger partial charge in [-0.1, -0.05) is 49.4 Å². The van der Waals surface area contributed by atoms with Crippen LogP contribution in [0.2, 0.25) is 0 Å². The Balaban J connectivity index is 1.57. The molecule has 4 nitrogen and oxygen atoms in total. The standard InChI is InChI=1S/C17H18N4/c1-13(14-7-3-2-4-8-14)11-12-18-21-17-19-15-9-5-6-10-16(15)20-17/h2-10,12-13H,11H2,1H3,(H2,19,20,21)/b18-12-/t13-/m1/s1. The molecule has 0 saturated heterocycles. The van der Waals surface area contributed by atoms with E-state index in [2.05, 4.69) is 51.7 Å². The van der Waals surface area contributed by atoms with Crippen LogP contribution in [0.1, 0.15) is 24.8 Å². The Morgan fingerprint density at radius 1 is 1.14 bits per heavy atom. The molecule has 0 aliphatic carbocycles. The summed E-state index contributed by atoms with van der Waals surface area (Å²) in [6.45, 7) is 2.20. The molecular formula is C17H18N4.